The van der Waals surface area contributed by atoms with Crippen LogP contribution in [0.25, 0.3) is 0 Å². The van der Waals surface area contributed by atoms with E-state index in [0.29, 0.717) is 6.42 Å². The van der Waals surface area contributed by atoms with Crippen LogP contribution < -0.4 is 0 Å². The Morgan fingerprint density at radius 3 is 3.00 bits per heavy atom. The van der Waals surface area contributed by atoms with Crippen molar-refractivity contribution < 1.29 is 9.53 Å². The molecule has 70 valence electrons. The number of carbonyl (C=O) groups excluding carboxylic acids is 1. The van der Waals surface area contributed by atoms with E-state index in [1.54, 1.807) is 19.3 Å². The number of hydrogen-bond acceptors (Lipinski definition) is 3. The molecule has 0 fully saturated rings. The number of carbonyl (C=O) groups is 1. The zero-order chi connectivity index (χ0) is 9.68. The molecular weight excluding hydrogens is 166 g/mol. The Kier molecular flexibility index (Phi) is 3.43. The van der Waals surface area contributed by atoms with Gasteiger partial charge in [0.05, 0.1) is 0 Å². The first-order chi connectivity index (χ1) is 6.24. The molecule has 0 radical (unpaired) electrons. The van der Waals surface area contributed by atoms with E-state index in [0.717, 1.165) is 5.56 Å². The third kappa shape index (κ3) is 2.86. The van der Waals surface area contributed by atoms with Crippen LogP contribution in [0.15, 0.2) is 24.5 Å². The van der Waals surface area contributed by atoms with Crippen LogP contribution in [0, 0.1) is 0 Å². The molecule has 1 rings (SSSR count). The van der Waals surface area contributed by atoms with E-state index >= 15 is 0 Å². The molecule has 0 bridgehead atoms. The third-order valence-corrected chi connectivity index (χ3v) is 1.75. The zero-order valence-corrected chi connectivity index (χ0v) is 7.86. The summed E-state index contributed by atoms with van der Waals surface area (Å²) in [5.74, 6) is -0.184. The van der Waals surface area contributed by atoms with Crippen molar-refractivity contribution in [1.82, 2.24) is 4.98 Å². The van der Waals surface area contributed by atoms with Crippen LogP contribution in [-0.2, 0) is 9.53 Å². The van der Waals surface area contributed by atoms with Crippen LogP contribution in [0.2, 0.25) is 0 Å². The second kappa shape index (κ2) is 4.60. The van der Waals surface area contributed by atoms with E-state index in [2.05, 4.69) is 4.98 Å². The van der Waals surface area contributed by atoms with Crippen molar-refractivity contribution in [1.29, 1.82) is 0 Å². The lowest BCUT2D eigenvalue weighted by atomic mass is 10.2. The molecule has 0 aliphatic carbocycles. The highest BCUT2D eigenvalue weighted by molar-refractivity contribution is 5.69. The number of nitrogens with zero attached hydrogens (tertiary/aromatic N) is 1. The van der Waals surface area contributed by atoms with E-state index < -0.39 is 0 Å². The first-order valence-corrected chi connectivity index (χ1v) is 4.33. The summed E-state index contributed by atoms with van der Waals surface area (Å²) in [6.07, 6.45) is 3.59. The van der Waals surface area contributed by atoms with E-state index in [1.165, 1.54) is 0 Å². The molecule has 13 heavy (non-hydrogen) atoms. The SMILES string of the molecule is CCC(=O)OC(C)c1cccnc1. The molecule has 0 aromatic carbocycles. The van der Waals surface area contributed by atoms with E-state index in [9.17, 15) is 4.79 Å². The van der Waals surface area contributed by atoms with Crippen molar-refractivity contribution in [3.63, 3.8) is 0 Å². The molecule has 0 saturated heterocycles. The number of rotatable bonds is 3. The van der Waals surface area contributed by atoms with Gasteiger partial charge in [-0.15, -0.1) is 0 Å². The van der Waals surface area contributed by atoms with Gasteiger partial charge in [-0.05, 0) is 13.0 Å². The van der Waals surface area contributed by atoms with Crippen molar-refractivity contribution in [3.05, 3.63) is 30.1 Å². The van der Waals surface area contributed by atoms with Gasteiger partial charge in [-0.1, -0.05) is 13.0 Å². The molecule has 1 aromatic rings. The Labute approximate surface area is 77.8 Å². The Balaban J connectivity index is 2.59. The smallest absolute Gasteiger partial charge is 0.306 e. The van der Waals surface area contributed by atoms with Crippen molar-refractivity contribution in [3.8, 4) is 0 Å². The summed E-state index contributed by atoms with van der Waals surface area (Å²) in [5, 5.41) is 0. The maximum atomic E-state index is 11.0. The van der Waals surface area contributed by atoms with Gasteiger partial charge in [0.25, 0.3) is 0 Å². The van der Waals surface area contributed by atoms with Gasteiger partial charge in [0.2, 0.25) is 0 Å². The Morgan fingerprint density at radius 1 is 1.69 bits per heavy atom. The van der Waals surface area contributed by atoms with E-state index in [4.69, 9.17) is 4.74 Å². The lowest BCUT2D eigenvalue weighted by molar-refractivity contribution is -0.148. The van der Waals surface area contributed by atoms with Crippen molar-refractivity contribution >= 4 is 5.97 Å². The molecule has 1 unspecified atom stereocenters. The Hall–Kier alpha value is -1.38. The van der Waals surface area contributed by atoms with Crippen LogP contribution >= 0.6 is 0 Å². The molecule has 3 heteroatoms. The summed E-state index contributed by atoms with van der Waals surface area (Å²) in [6, 6.07) is 3.71. The molecular formula is C10H13NO2. The van der Waals surface area contributed by atoms with Gasteiger partial charge < -0.3 is 4.74 Å². The molecule has 0 saturated carbocycles. The number of ether oxygens (including phenoxy) is 1. The van der Waals surface area contributed by atoms with Gasteiger partial charge in [0.15, 0.2) is 0 Å². The normalized spacial score (nSPS) is 12.2. The summed E-state index contributed by atoms with van der Waals surface area (Å²) in [5.41, 5.74) is 0.921. The fourth-order valence-electron chi connectivity index (χ4n) is 0.965. The van der Waals surface area contributed by atoms with Crippen LogP contribution in [0.1, 0.15) is 31.9 Å². The first-order valence-electron chi connectivity index (χ1n) is 4.33. The molecule has 0 N–H and O–H groups in total. The summed E-state index contributed by atoms with van der Waals surface area (Å²) in [4.78, 5) is 14.9. The largest absolute Gasteiger partial charge is 0.458 e. The Morgan fingerprint density at radius 2 is 2.46 bits per heavy atom. The molecule has 1 heterocycles. The molecule has 0 spiro atoms. The first kappa shape index (κ1) is 9.71. The second-order valence-corrected chi connectivity index (χ2v) is 2.77. The average Bonchev–Trinajstić information content (AvgIpc) is 2.19. The molecule has 1 aromatic heterocycles. The lowest BCUT2D eigenvalue weighted by Gasteiger charge is -2.11. The summed E-state index contributed by atoms with van der Waals surface area (Å²) in [7, 11) is 0. The van der Waals surface area contributed by atoms with Crippen molar-refractivity contribution in [2.45, 2.75) is 26.4 Å². The highest BCUT2D eigenvalue weighted by Crippen LogP contribution is 2.15. The summed E-state index contributed by atoms with van der Waals surface area (Å²) >= 11 is 0. The molecule has 0 aliphatic heterocycles. The van der Waals surface area contributed by atoms with Gasteiger partial charge >= 0.3 is 5.97 Å². The zero-order valence-electron chi connectivity index (χ0n) is 7.86. The quantitative estimate of drug-likeness (QED) is 0.667. The second-order valence-electron chi connectivity index (χ2n) is 2.77. The average molecular weight is 179 g/mol. The van der Waals surface area contributed by atoms with E-state index in [-0.39, 0.29) is 12.1 Å². The van der Waals surface area contributed by atoms with Gasteiger partial charge in [-0.2, -0.15) is 0 Å². The minimum atomic E-state index is -0.207. The lowest BCUT2D eigenvalue weighted by Crippen LogP contribution is -2.07. The number of aromatic nitrogens is 1. The van der Waals surface area contributed by atoms with Crippen molar-refractivity contribution in [2.24, 2.45) is 0 Å². The van der Waals surface area contributed by atoms with Gasteiger partial charge in [-0.3, -0.25) is 9.78 Å². The fraction of sp³-hybridized carbons (Fsp3) is 0.400. The molecule has 1 atom stereocenters. The van der Waals surface area contributed by atoms with Crippen LogP contribution in [0.5, 0.6) is 0 Å². The monoisotopic (exact) mass is 179 g/mol. The summed E-state index contributed by atoms with van der Waals surface area (Å²) < 4.78 is 5.11. The summed E-state index contributed by atoms with van der Waals surface area (Å²) in [6.45, 7) is 3.61. The van der Waals surface area contributed by atoms with Crippen molar-refractivity contribution in [2.75, 3.05) is 0 Å². The standard InChI is InChI=1S/C10H13NO2/c1-3-10(12)13-8(2)9-5-4-6-11-7-9/h4-8H,3H2,1-2H3. The van der Waals surface area contributed by atoms with Crippen LogP contribution in [0.3, 0.4) is 0 Å². The predicted molar refractivity (Wildman–Crippen MR) is 49.0 cm³/mol. The van der Waals surface area contributed by atoms with Crippen LogP contribution in [0.4, 0.5) is 0 Å². The highest BCUT2D eigenvalue weighted by Gasteiger charge is 2.09. The maximum Gasteiger partial charge on any atom is 0.306 e. The van der Waals surface area contributed by atoms with Gasteiger partial charge in [0.1, 0.15) is 6.10 Å². The molecule has 0 amide bonds. The molecule has 0 aliphatic rings. The molecule has 3 nitrogen and oxygen atoms in total. The minimum absolute atomic E-state index is 0.184. The third-order valence-electron chi connectivity index (χ3n) is 1.75. The van der Waals surface area contributed by atoms with Gasteiger partial charge in [-0.25, -0.2) is 0 Å². The van der Waals surface area contributed by atoms with E-state index in [1.807, 2.05) is 19.1 Å². The minimum Gasteiger partial charge on any atom is -0.458 e. The number of pyridine rings is 1. The Bertz CT molecular complexity index is 272. The number of hydrogen-bond donors (Lipinski definition) is 0. The van der Waals surface area contributed by atoms with Gasteiger partial charge in [0, 0.05) is 24.4 Å². The number of esters is 1. The predicted octanol–water partition coefficient (Wildman–Crippen LogP) is 2.10. The maximum absolute atomic E-state index is 11.0. The highest BCUT2D eigenvalue weighted by atomic mass is 16.5. The topological polar surface area (TPSA) is 39.2 Å². The fourth-order valence-corrected chi connectivity index (χ4v) is 0.965. The van der Waals surface area contributed by atoms with Crippen LogP contribution in [-0.4, -0.2) is 11.0 Å².